The number of ether oxygens (including phenoxy) is 1. The summed E-state index contributed by atoms with van der Waals surface area (Å²) in [5, 5.41) is 12.3. The average molecular weight is 338 g/mol. The highest BCUT2D eigenvalue weighted by molar-refractivity contribution is 5.74. The summed E-state index contributed by atoms with van der Waals surface area (Å²) in [4.78, 5) is 14.0. The van der Waals surface area contributed by atoms with Crippen molar-refractivity contribution in [1.29, 1.82) is 0 Å². The van der Waals surface area contributed by atoms with Crippen molar-refractivity contribution in [2.75, 3.05) is 26.2 Å². The summed E-state index contributed by atoms with van der Waals surface area (Å²) < 4.78 is 18.9. The van der Waals surface area contributed by atoms with Gasteiger partial charge in [0.1, 0.15) is 17.7 Å². The molecule has 0 unspecified atom stereocenters. The van der Waals surface area contributed by atoms with E-state index in [0.29, 0.717) is 31.8 Å². The van der Waals surface area contributed by atoms with Gasteiger partial charge in [-0.3, -0.25) is 0 Å². The third-order valence-corrected chi connectivity index (χ3v) is 4.67. The van der Waals surface area contributed by atoms with E-state index in [1.54, 1.807) is 17.0 Å². The second-order valence-corrected chi connectivity index (χ2v) is 6.75. The van der Waals surface area contributed by atoms with Gasteiger partial charge in [-0.25, -0.2) is 9.18 Å². The van der Waals surface area contributed by atoms with E-state index in [-0.39, 0.29) is 30.0 Å². The van der Waals surface area contributed by atoms with Crippen LogP contribution in [0.25, 0.3) is 0 Å². The van der Waals surface area contributed by atoms with Crippen LogP contribution in [-0.2, 0) is 0 Å². The summed E-state index contributed by atoms with van der Waals surface area (Å²) in [6, 6.07) is 5.89. The van der Waals surface area contributed by atoms with E-state index in [4.69, 9.17) is 4.74 Å². The lowest BCUT2D eigenvalue weighted by molar-refractivity contribution is 0.0692. The van der Waals surface area contributed by atoms with Gasteiger partial charge in [-0.1, -0.05) is 19.9 Å². The molecule has 0 aromatic heterocycles. The molecular formula is C18H27FN2O3. The van der Waals surface area contributed by atoms with Crippen molar-refractivity contribution < 1.29 is 19.0 Å². The molecule has 1 aliphatic rings. The molecule has 1 heterocycles. The molecule has 0 radical (unpaired) electrons. The van der Waals surface area contributed by atoms with Crippen LogP contribution in [0.3, 0.4) is 0 Å². The molecule has 2 rings (SSSR count). The van der Waals surface area contributed by atoms with Crippen LogP contribution in [0.4, 0.5) is 9.18 Å². The molecule has 6 heteroatoms. The van der Waals surface area contributed by atoms with Gasteiger partial charge in [0.25, 0.3) is 0 Å². The second-order valence-electron chi connectivity index (χ2n) is 6.75. The fourth-order valence-electron chi connectivity index (χ4n) is 2.72. The molecule has 0 spiro atoms. The van der Waals surface area contributed by atoms with Crippen LogP contribution in [-0.4, -0.2) is 48.4 Å². The van der Waals surface area contributed by atoms with Gasteiger partial charge >= 0.3 is 6.03 Å². The molecule has 2 amide bonds. The monoisotopic (exact) mass is 338 g/mol. The second kappa shape index (κ2) is 8.33. The minimum atomic E-state index is -0.341. The normalized spacial score (nSPS) is 18.1. The van der Waals surface area contributed by atoms with Gasteiger partial charge < -0.3 is 20.1 Å². The molecule has 134 valence electrons. The van der Waals surface area contributed by atoms with Gasteiger partial charge in [0.15, 0.2) is 0 Å². The van der Waals surface area contributed by atoms with E-state index in [1.165, 1.54) is 12.1 Å². The summed E-state index contributed by atoms with van der Waals surface area (Å²) in [6.45, 7) is 5.82. The van der Waals surface area contributed by atoms with E-state index >= 15 is 0 Å². The number of urea groups is 1. The van der Waals surface area contributed by atoms with Crippen molar-refractivity contribution in [3.63, 3.8) is 0 Å². The van der Waals surface area contributed by atoms with Crippen molar-refractivity contribution in [3.8, 4) is 5.75 Å². The van der Waals surface area contributed by atoms with Gasteiger partial charge in [-0.05, 0) is 36.8 Å². The van der Waals surface area contributed by atoms with E-state index in [2.05, 4.69) is 5.32 Å². The fourth-order valence-corrected chi connectivity index (χ4v) is 2.72. The number of nitrogens with one attached hydrogen (secondary N) is 1. The number of benzene rings is 1. The van der Waals surface area contributed by atoms with Gasteiger partial charge in [-0.15, -0.1) is 0 Å². The van der Waals surface area contributed by atoms with Gasteiger partial charge in [-0.2, -0.15) is 0 Å². The molecule has 0 saturated carbocycles. The zero-order valence-corrected chi connectivity index (χ0v) is 14.4. The van der Waals surface area contributed by atoms with Crippen LogP contribution in [0.1, 0.15) is 33.1 Å². The number of nitrogens with zero attached hydrogens (tertiary/aromatic N) is 1. The van der Waals surface area contributed by atoms with Crippen LogP contribution in [0.5, 0.6) is 5.75 Å². The van der Waals surface area contributed by atoms with Crippen LogP contribution in [0.2, 0.25) is 0 Å². The first-order valence-corrected chi connectivity index (χ1v) is 8.51. The number of amides is 2. The minimum absolute atomic E-state index is 0.0801. The highest BCUT2D eigenvalue weighted by Crippen LogP contribution is 2.29. The van der Waals surface area contributed by atoms with E-state index in [1.807, 2.05) is 13.8 Å². The Morgan fingerprint density at radius 1 is 1.46 bits per heavy atom. The highest BCUT2D eigenvalue weighted by Gasteiger charge is 2.31. The molecule has 2 N–H and O–H groups in total. The van der Waals surface area contributed by atoms with Crippen molar-refractivity contribution in [2.45, 2.75) is 39.2 Å². The average Bonchev–Trinajstić information content (AvgIpc) is 2.59. The standard InChI is InChI=1S/C18H27FN2O3/c1-3-15(24-16-6-4-5-14(19)11-16)12-20-17(23)21-9-7-18(2,13-22)8-10-21/h4-6,11,15,22H,3,7-10,12-13H2,1-2H3,(H,20,23)/t15-/m0/s1. The van der Waals surface area contributed by atoms with E-state index in [9.17, 15) is 14.3 Å². The molecule has 1 aromatic rings. The largest absolute Gasteiger partial charge is 0.489 e. The van der Waals surface area contributed by atoms with E-state index < -0.39 is 0 Å². The fraction of sp³-hybridized carbons (Fsp3) is 0.611. The maximum Gasteiger partial charge on any atom is 0.317 e. The molecule has 1 saturated heterocycles. The number of carbonyl (C=O) groups excluding carboxylic acids is 1. The molecule has 1 aromatic carbocycles. The molecule has 24 heavy (non-hydrogen) atoms. The summed E-state index contributed by atoms with van der Waals surface area (Å²) in [7, 11) is 0. The van der Waals surface area contributed by atoms with Gasteiger partial charge in [0.2, 0.25) is 0 Å². The lowest BCUT2D eigenvalue weighted by Crippen LogP contribution is -2.49. The molecule has 0 aliphatic carbocycles. The van der Waals surface area contributed by atoms with Crippen LogP contribution >= 0.6 is 0 Å². The maximum atomic E-state index is 13.2. The Balaban J connectivity index is 1.79. The number of aliphatic hydroxyl groups is 1. The number of aliphatic hydroxyl groups excluding tert-OH is 1. The Kier molecular flexibility index (Phi) is 6.43. The Labute approximate surface area is 142 Å². The highest BCUT2D eigenvalue weighted by atomic mass is 19.1. The third kappa shape index (κ3) is 5.09. The molecule has 1 fully saturated rings. The first-order chi connectivity index (χ1) is 11.5. The quantitative estimate of drug-likeness (QED) is 0.838. The maximum absolute atomic E-state index is 13.2. The van der Waals surface area contributed by atoms with Gasteiger partial charge in [0, 0.05) is 25.8 Å². The van der Waals surface area contributed by atoms with Crippen LogP contribution in [0, 0.1) is 11.2 Å². The smallest absolute Gasteiger partial charge is 0.317 e. The van der Waals surface area contributed by atoms with Crippen molar-refractivity contribution in [1.82, 2.24) is 10.2 Å². The number of likely N-dealkylation sites (tertiary alicyclic amines) is 1. The van der Waals surface area contributed by atoms with Crippen LogP contribution in [0.15, 0.2) is 24.3 Å². The number of rotatable bonds is 6. The number of hydrogen-bond donors (Lipinski definition) is 2. The Hall–Kier alpha value is -1.82. The van der Waals surface area contributed by atoms with Gasteiger partial charge in [0.05, 0.1) is 6.54 Å². The van der Waals surface area contributed by atoms with Crippen molar-refractivity contribution in [2.24, 2.45) is 5.41 Å². The predicted molar refractivity (Wildman–Crippen MR) is 90.5 cm³/mol. The summed E-state index contributed by atoms with van der Waals surface area (Å²) in [5.74, 6) is 0.124. The Morgan fingerprint density at radius 3 is 2.75 bits per heavy atom. The SMILES string of the molecule is CC[C@@H](CNC(=O)N1CCC(C)(CO)CC1)Oc1cccc(F)c1. The third-order valence-electron chi connectivity index (χ3n) is 4.67. The zero-order valence-electron chi connectivity index (χ0n) is 14.4. The summed E-state index contributed by atoms with van der Waals surface area (Å²) in [6.07, 6.45) is 2.10. The topological polar surface area (TPSA) is 61.8 Å². The first-order valence-electron chi connectivity index (χ1n) is 8.51. The number of halogens is 1. The molecule has 1 aliphatic heterocycles. The lowest BCUT2D eigenvalue weighted by Gasteiger charge is -2.38. The number of carbonyl (C=O) groups is 1. The predicted octanol–water partition coefficient (Wildman–Crippen LogP) is 2.79. The lowest BCUT2D eigenvalue weighted by atomic mass is 9.81. The Bertz CT molecular complexity index is 545. The Morgan fingerprint density at radius 2 is 2.17 bits per heavy atom. The summed E-state index contributed by atoms with van der Waals surface area (Å²) in [5.41, 5.74) is -0.0801. The number of hydrogen-bond acceptors (Lipinski definition) is 3. The molecule has 1 atom stereocenters. The number of piperidine rings is 1. The van der Waals surface area contributed by atoms with Crippen molar-refractivity contribution >= 4 is 6.03 Å². The molecule has 5 nitrogen and oxygen atoms in total. The molecule has 0 bridgehead atoms. The molecular weight excluding hydrogens is 311 g/mol. The first kappa shape index (κ1) is 18.5. The summed E-state index contributed by atoms with van der Waals surface area (Å²) >= 11 is 0. The zero-order chi connectivity index (χ0) is 17.6. The van der Waals surface area contributed by atoms with E-state index in [0.717, 1.165) is 12.8 Å². The minimum Gasteiger partial charge on any atom is -0.489 e. The van der Waals surface area contributed by atoms with Crippen LogP contribution < -0.4 is 10.1 Å². The van der Waals surface area contributed by atoms with Crippen molar-refractivity contribution in [3.05, 3.63) is 30.1 Å².